The lowest BCUT2D eigenvalue weighted by atomic mass is 10.0. The average molecular weight is 195 g/mol. The van der Waals surface area contributed by atoms with Gasteiger partial charge in [-0.3, -0.25) is 0 Å². The van der Waals surface area contributed by atoms with Crippen molar-refractivity contribution in [2.24, 2.45) is 0 Å². The van der Waals surface area contributed by atoms with Crippen molar-refractivity contribution < 1.29 is 4.52 Å². The highest BCUT2D eigenvalue weighted by atomic mass is 16.5. The summed E-state index contributed by atoms with van der Waals surface area (Å²) >= 11 is 0. The summed E-state index contributed by atoms with van der Waals surface area (Å²) in [6.07, 6.45) is 5.57. The summed E-state index contributed by atoms with van der Waals surface area (Å²) in [5.41, 5.74) is 0. The van der Waals surface area contributed by atoms with E-state index in [1.165, 1.54) is 19.3 Å². The molecule has 78 valence electrons. The molecule has 2 rings (SSSR count). The minimum absolute atomic E-state index is 0.547. The number of nitrogens with one attached hydrogen (secondary N) is 1. The van der Waals surface area contributed by atoms with Crippen LogP contribution in [0.25, 0.3) is 0 Å². The van der Waals surface area contributed by atoms with Gasteiger partial charge < -0.3 is 9.84 Å². The molecule has 1 unspecified atom stereocenters. The molecular weight excluding hydrogens is 178 g/mol. The van der Waals surface area contributed by atoms with Gasteiger partial charge in [-0.2, -0.15) is 4.98 Å². The molecule has 0 bridgehead atoms. The second kappa shape index (κ2) is 4.55. The number of hydrogen-bond donors (Lipinski definition) is 1. The Morgan fingerprint density at radius 1 is 1.50 bits per heavy atom. The molecule has 1 N–H and O–H groups in total. The molecule has 0 amide bonds. The van der Waals surface area contributed by atoms with Crippen LogP contribution in [-0.4, -0.2) is 22.7 Å². The third-order valence-corrected chi connectivity index (χ3v) is 2.65. The van der Waals surface area contributed by atoms with E-state index in [4.69, 9.17) is 4.52 Å². The summed E-state index contributed by atoms with van der Waals surface area (Å²) in [6.45, 7) is 3.15. The van der Waals surface area contributed by atoms with E-state index in [0.717, 1.165) is 31.1 Å². The monoisotopic (exact) mass is 195 g/mol. The van der Waals surface area contributed by atoms with E-state index >= 15 is 0 Å². The molecule has 1 saturated heterocycles. The van der Waals surface area contributed by atoms with Crippen LogP contribution in [0.3, 0.4) is 0 Å². The molecule has 0 radical (unpaired) electrons. The highest BCUT2D eigenvalue weighted by Crippen LogP contribution is 2.11. The van der Waals surface area contributed by atoms with Gasteiger partial charge in [-0.05, 0) is 19.4 Å². The van der Waals surface area contributed by atoms with Crippen molar-refractivity contribution in [1.29, 1.82) is 0 Å². The molecule has 1 aromatic heterocycles. The molecule has 1 aliphatic rings. The molecule has 0 aromatic carbocycles. The van der Waals surface area contributed by atoms with Gasteiger partial charge >= 0.3 is 0 Å². The zero-order valence-corrected chi connectivity index (χ0v) is 8.62. The number of piperidine rings is 1. The molecule has 1 aromatic rings. The first-order valence-electron chi connectivity index (χ1n) is 5.43. The van der Waals surface area contributed by atoms with Crippen molar-refractivity contribution in [1.82, 2.24) is 15.5 Å². The van der Waals surface area contributed by atoms with Crippen LogP contribution in [0.15, 0.2) is 4.52 Å². The minimum atomic E-state index is 0.547. The highest BCUT2D eigenvalue weighted by molar-refractivity contribution is 4.90. The summed E-state index contributed by atoms with van der Waals surface area (Å²) in [4.78, 5) is 4.31. The zero-order chi connectivity index (χ0) is 9.80. The van der Waals surface area contributed by atoms with E-state index in [2.05, 4.69) is 15.5 Å². The quantitative estimate of drug-likeness (QED) is 0.790. The Kier molecular flexibility index (Phi) is 3.14. The molecule has 0 saturated carbocycles. The van der Waals surface area contributed by atoms with Crippen molar-refractivity contribution in [3.63, 3.8) is 0 Å². The van der Waals surface area contributed by atoms with E-state index in [1.54, 1.807) is 0 Å². The van der Waals surface area contributed by atoms with Gasteiger partial charge in [0.2, 0.25) is 5.89 Å². The molecule has 1 atom stereocenters. The van der Waals surface area contributed by atoms with Gasteiger partial charge in [0, 0.05) is 18.9 Å². The summed E-state index contributed by atoms with van der Waals surface area (Å²) in [6, 6.07) is 0.547. The van der Waals surface area contributed by atoms with E-state index in [0.29, 0.717) is 6.04 Å². The van der Waals surface area contributed by atoms with Crippen LogP contribution < -0.4 is 5.32 Å². The third kappa shape index (κ3) is 2.32. The molecule has 4 nitrogen and oxygen atoms in total. The Morgan fingerprint density at radius 3 is 3.07 bits per heavy atom. The van der Waals surface area contributed by atoms with E-state index in [-0.39, 0.29) is 0 Å². The van der Waals surface area contributed by atoms with Crippen molar-refractivity contribution in [2.45, 2.75) is 45.1 Å². The Labute approximate surface area is 84.1 Å². The van der Waals surface area contributed by atoms with Gasteiger partial charge in [0.05, 0.1) is 0 Å². The second-order valence-corrected chi connectivity index (χ2v) is 3.81. The lowest BCUT2D eigenvalue weighted by Crippen LogP contribution is -2.35. The predicted octanol–water partition coefficient (Wildman–Crippen LogP) is 1.32. The topological polar surface area (TPSA) is 51.0 Å². The maximum atomic E-state index is 5.07. The third-order valence-electron chi connectivity index (χ3n) is 2.65. The lowest BCUT2D eigenvalue weighted by molar-refractivity contribution is 0.362. The lowest BCUT2D eigenvalue weighted by Gasteiger charge is -2.21. The van der Waals surface area contributed by atoms with E-state index in [1.807, 2.05) is 6.92 Å². The largest absolute Gasteiger partial charge is 0.339 e. The van der Waals surface area contributed by atoms with Crippen LogP contribution in [0.1, 0.15) is 37.9 Å². The van der Waals surface area contributed by atoms with Gasteiger partial charge in [0.25, 0.3) is 0 Å². The Morgan fingerprint density at radius 2 is 2.43 bits per heavy atom. The number of aromatic nitrogens is 2. The summed E-state index contributed by atoms with van der Waals surface area (Å²) in [5, 5.41) is 7.43. The number of nitrogens with zero attached hydrogens (tertiary/aromatic N) is 2. The Bertz CT molecular complexity index is 279. The van der Waals surface area contributed by atoms with Crippen molar-refractivity contribution in [2.75, 3.05) is 6.54 Å². The summed E-state index contributed by atoms with van der Waals surface area (Å²) in [7, 11) is 0. The fourth-order valence-electron chi connectivity index (χ4n) is 1.84. The molecular formula is C10H17N3O. The maximum absolute atomic E-state index is 5.07. The molecule has 1 aliphatic heterocycles. The highest BCUT2D eigenvalue weighted by Gasteiger charge is 2.15. The summed E-state index contributed by atoms with van der Waals surface area (Å²) in [5.74, 6) is 1.59. The Hall–Kier alpha value is -0.900. The molecule has 1 fully saturated rings. The average Bonchev–Trinajstić information content (AvgIpc) is 2.67. The van der Waals surface area contributed by atoms with Crippen LogP contribution in [0, 0.1) is 0 Å². The first-order valence-corrected chi connectivity index (χ1v) is 5.43. The second-order valence-electron chi connectivity index (χ2n) is 3.81. The normalized spacial score (nSPS) is 22.5. The predicted molar refractivity (Wildman–Crippen MR) is 53.0 cm³/mol. The smallest absolute Gasteiger partial charge is 0.226 e. The van der Waals surface area contributed by atoms with E-state index < -0.39 is 0 Å². The van der Waals surface area contributed by atoms with Crippen molar-refractivity contribution in [3.8, 4) is 0 Å². The van der Waals surface area contributed by atoms with Crippen molar-refractivity contribution >= 4 is 0 Å². The molecule has 0 spiro atoms. The van der Waals surface area contributed by atoms with Crippen LogP contribution in [0.5, 0.6) is 0 Å². The Balaban J connectivity index is 1.89. The number of rotatable bonds is 3. The molecule has 14 heavy (non-hydrogen) atoms. The maximum Gasteiger partial charge on any atom is 0.226 e. The van der Waals surface area contributed by atoms with Gasteiger partial charge in [-0.25, -0.2) is 0 Å². The van der Waals surface area contributed by atoms with Crippen LogP contribution in [0.2, 0.25) is 0 Å². The fraction of sp³-hybridized carbons (Fsp3) is 0.800. The first-order chi connectivity index (χ1) is 6.88. The van der Waals surface area contributed by atoms with Crippen molar-refractivity contribution in [3.05, 3.63) is 11.7 Å². The van der Waals surface area contributed by atoms with Crippen LogP contribution >= 0.6 is 0 Å². The SMILES string of the molecule is CCc1nc(CC2CCCCN2)no1. The van der Waals surface area contributed by atoms with Gasteiger partial charge in [-0.1, -0.05) is 18.5 Å². The molecule has 2 heterocycles. The van der Waals surface area contributed by atoms with E-state index in [9.17, 15) is 0 Å². The van der Waals surface area contributed by atoms with Crippen LogP contribution in [-0.2, 0) is 12.8 Å². The fourth-order valence-corrected chi connectivity index (χ4v) is 1.84. The standard InChI is InChI=1S/C10H17N3O/c1-2-10-12-9(13-14-10)7-8-5-3-4-6-11-8/h8,11H,2-7H2,1H3. The molecule has 4 heteroatoms. The number of aryl methyl sites for hydroxylation is 1. The van der Waals surface area contributed by atoms with Gasteiger partial charge in [-0.15, -0.1) is 0 Å². The molecule has 0 aliphatic carbocycles. The zero-order valence-electron chi connectivity index (χ0n) is 8.62. The first kappa shape index (κ1) is 9.65. The summed E-state index contributed by atoms with van der Waals surface area (Å²) < 4.78 is 5.07. The van der Waals surface area contributed by atoms with Gasteiger partial charge in [0.15, 0.2) is 5.82 Å². The van der Waals surface area contributed by atoms with Crippen LogP contribution in [0.4, 0.5) is 0 Å². The number of hydrogen-bond acceptors (Lipinski definition) is 4. The van der Waals surface area contributed by atoms with Gasteiger partial charge in [0.1, 0.15) is 0 Å². The minimum Gasteiger partial charge on any atom is -0.339 e.